The Labute approximate surface area is 347 Å². The third kappa shape index (κ3) is 11.7. The first kappa shape index (κ1) is 42.7. The fourth-order valence-corrected chi connectivity index (χ4v) is 9.78. The van der Waals surface area contributed by atoms with Crippen LogP contribution >= 0.6 is 69.3 Å². The smallest absolute Gasteiger partial charge is 0.339 e. The molecule has 0 unspecified atom stereocenters. The molecule has 4 aromatic rings. The van der Waals surface area contributed by atoms with Gasteiger partial charge >= 0.3 is 11.9 Å². The van der Waals surface area contributed by atoms with Crippen molar-refractivity contribution in [3.05, 3.63) is 125 Å². The molecule has 276 valence electrons. The number of terminal acetylenes is 1. The molecule has 0 atom stereocenters. The zero-order valence-corrected chi connectivity index (χ0v) is 36.1. The Balaban J connectivity index is 0.000000196. The normalized spacial score (nSPS) is 14.5. The van der Waals surface area contributed by atoms with Gasteiger partial charge in [-0.05, 0) is 156 Å². The summed E-state index contributed by atoms with van der Waals surface area (Å²) < 4.78 is 10.8. The molecule has 0 N–H and O–H groups in total. The third-order valence-corrected chi connectivity index (χ3v) is 12.2. The first-order valence-corrected chi connectivity index (χ1v) is 21.1. The van der Waals surface area contributed by atoms with Crippen LogP contribution < -0.4 is 0 Å². The zero-order chi connectivity index (χ0) is 38.8. The summed E-state index contributed by atoms with van der Waals surface area (Å²) in [5.74, 6) is 10.7. The maximum atomic E-state index is 11.8. The standard InChI is InChI=1S/C22H21ClO2S.C13H14S.C9H8ClIO2/c1-4-25-21(24)17-9-7-16(14-19(17)23)6-5-15-8-10-20-18(13-15)22(2,3)11-12-26-20;1-4-10-5-6-12-11(9-10)13(2,3)7-8-14-12;1-2-13-9(12)7-4-3-6(11)5-8(7)10/h7-10,13-14H,4,11-12H2,1-3H3;1,5-6,9H,7-8H2,2-3H3;3-5H,2H2,1H3. The third-order valence-electron chi connectivity index (χ3n) is 8.80. The predicted octanol–water partition coefficient (Wildman–Crippen LogP) is 12.3. The highest BCUT2D eigenvalue weighted by molar-refractivity contribution is 14.1. The lowest BCUT2D eigenvalue weighted by atomic mass is 9.81. The highest BCUT2D eigenvalue weighted by atomic mass is 127. The molecule has 0 fully saturated rings. The number of benzene rings is 4. The van der Waals surface area contributed by atoms with Crippen molar-refractivity contribution in [1.82, 2.24) is 0 Å². The van der Waals surface area contributed by atoms with Crippen LogP contribution in [0.5, 0.6) is 0 Å². The van der Waals surface area contributed by atoms with Crippen molar-refractivity contribution < 1.29 is 19.1 Å². The molecule has 9 heteroatoms. The highest BCUT2D eigenvalue weighted by Gasteiger charge is 2.28. The van der Waals surface area contributed by atoms with Crippen LogP contribution in [0.25, 0.3) is 0 Å². The minimum Gasteiger partial charge on any atom is -0.462 e. The molecule has 0 amide bonds. The number of carbonyl (C=O) groups excluding carboxylic acids is 2. The molecule has 2 aliphatic rings. The van der Waals surface area contributed by atoms with E-state index in [0.717, 1.165) is 26.0 Å². The summed E-state index contributed by atoms with van der Waals surface area (Å²) in [6.07, 6.45) is 7.82. The summed E-state index contributed by atoms with van der Waals surface area (Å²) in [6, 6.07) is 23.2. The van der Waals surface area contributed by atoms with E-state index < -0.39 is 5.97 Å². The van der Waals surface area contributed by atoms with Gasteiger partial charge in [0, 0.05) is 30.1 Å². The van der Waals surface area contributed by atoms with E-state index in [1.54, 1.807) is 44.2 Å². The Hall–Kier alpha value is -3.05. The molecule has 6 rings (SSSR count). The summed E-state index contributed by atoms with van der Waals surface area (Å²) in [5.41, 5.74) is 6.81. The van der Waals surface area contributed by atoms with Gasteiger partial charge < -0.3 is 9.47 Å². The van der Waals surface area contributed by atoms with Gasteiger partial charge in [0.25, 0.3) is 0 Å². The number of rotatable bonds is 4. The van der Waals surface area contributed by atoms with Crippen LogP contribution in [0, 0.1) is 27.8 Å². The van der Waals surface area contributed by atoms with Gasteiger partial charge in [0.2, 0.25) is 0 Å². The average molecular weight is 898 g/mol. The van der Waals surface area contributed by atoms with Gasteiger partial charge in [-0.25, -0.2) is 9.59 Å². The van der Waals surface area contributed by atoms with Crippen LogP contribution in [0.4, 0.5) is 0 Å². The molecule has 0 aliphatic carbocycles. The number of halogens is 3. The van der Waals surface area contributed by atoms with Crippen molar-refractivity contribution in [2.45, 2.75) is 75.0 Å². The molecular weight excluding hydrogens is 854 g/mol. The number of hydrogen-bond donors (Lipinski definition) is 0. The fraction of sp³-hybridized carbons (Fsp3) is 0.318. The first-order valence-electron chi connectivity index (χ1n) is 17.3. The Morgan fingerprint density at radius 1 is 0.698 bits per heavy atom. The number of hydrogen-bond acceptors (Lipinski definition) is 6. The number of carbonyl (C=O) groups is 2. The summed E-state index contributed by atoms with van der Waals surface area (Å²) >= 11 is 18.0. The molecule has 0 radical (unpaired) electrons. The van der Waals surface area contributed by atoms with Crippen LogP contribution in [0.15, 0.2) is 82.6 Å². The Bertz CT molecular complexity index is 2070. The van der Waals surface area contributed by atoms with E-state index in [9.17, 15) is 9.59 Å². The van der Waals surface area contributed by atoms with Crippen LogP contribution in [0.1, 0.15) is 103 Å². The summed E-state index contributed by atoms with van der Waals surface area (Å²) in [7, 11) is 0. The number of ether oxygens (including phenoxy) is 2. The van der Waals surface area contributed by atoms with Crippen LogP contribution in [-0.2, 0) is 20.3 Å². The van der Waals surface area contributed by atoms with E-state index in [-0.39, 0.29) is 16.8 Å². The fourth-order valence-electron chi connectivity index (χ4n) is 5.61. The van der Waals surface area contributed by atoms with Gasteiger partial charge in [-0.1, -0.05) is 68.7 Å². The Morgan fingerprint density at radius 3 is 1.60 bits per heavy atom. The maximum Gasteiger partial charge on any atom is 0.339 e. The predicted molar refractivity (Wildman–Crippen MR) is 231 cm³/mol. The molecular formula is C44H43Cl2IO4S2. The second-order valence-electron chi connectivity index (χ2n) is 13.5. The minimum atomic E-state index is -0.411. The Morgan fingerprint density at radius 2 is 1.13 bits per heavy atom. The Kier molecular flexibility index (Phi) is 15.7. The monoisotopic (exact) mass is 896 g/mol. The van der Waals surface area contributed by atoms with E-state index in [2.05, 4.69) is 98.4 Å². The van der Waals surface area contributed by atoms with E-state index in [4.69, 9.17) is 39.1 Å². The van der Waals surface area contributed by atoms with Gasteiger partial charge in [-0.2, -0.15) is 0 Å². The van der Waals surface area contributed by atoms with Crippen LogP contribution in [-0.4, -0.2) is 36.7 Å². The number of fused-ring (bicyclic) bond motifs is 2. The van der Waals surface area contributed by atoms with E-state index in [1.807, 2.05) is 35.7 Å². The maximum absolute atomic E-state index is 11.8. The zero-order valence-electron chi connectivity index (χ0n) is 30.8. The van der Waals surface area contributed by atoms with E-state index in [0.29, 0.717) is 34.4 Å². The lowest BCUT2D eigenvalue weighted by Gasteiger charge is -2.32. The molecule has 2 aliphatic heterocycles. The van der Waals surface area contributed by atoms with Gasteiger partial charge in [0.15, 0.2) is 0 Å². The number of thioether (sulfide) groups is 2. The molecule has 0 aromatic heterocycles. The van der Waals surface area contributed by atoms with E-state index >= 15 is 0 Å². The second-order valence-corrected chi connectivity index (χ2v) is 17.9. The van der Waals surface area contributed by atoms with Crippen molar-refractivity contribution >= 4 is 81.3 Å². The molecule has 4 aromatic carbocycles. The van der Waals surface area contributed by atoms with Gasteiger partial charge in [-0.15, -0.1) is 29.9 Å². The van der Waals surface area contributed by atoms with Crippen molar-refractivity contribution in [2.24, 2.45) is 0 Å². The van der Waals surface area contributed by atoms with Crippen molar-refractivity contribution in [1.29, 1.82) is 0 Å². The molecule has 53 heavy (non-hydrogen) atoms. The molecule has 0 spiro atoms. The topological polar surface area (TPSA) is 52.6 Å². The first-order chi connectivity index (χ1) is 25.2. The quantitative estimate of drug-likeness (QED) is 0.116. The minimum absolute atomic E-state index is 0.183. The van der Waals surface area contributed by atoms with Crippen LogP contribution in [0.2, 0.25) is 10.0 Å². The van der Waals surface area contributed by atoms with Gasteiger partial charge in [0.05, 0.1) is 34.4 Å². The average Bonchev–Trinajstić information content (AvgIpc) is 3.11. The molecule has 0 saturated heterocycles. The summed E-state index contributed by atoms with van der Waals surface area (Å²) in [4.78, 5) is 25.8. The number of esters is 2. The second kappa shape index (κ2) is 19.5. The highest BCUT2D eigenvalue weighted by Crippen LogP contribution is 2.42. The molecule has 2 heterocycles. The summed E-state index contributed by atoms with van der Waals surface area (Å²) in [6.45, 7) is 13.4. The van der Waals surface area contributed by atoms with Crippen molar-refractivity contribution in [2.75, 3.05) is 24.7 Å². The van der Waals surface area contributed by atoms with Crippen LogP contribution in [0.3, 0.4) is 0 Å². The molecule has 4 nitrogen and oxygen atoms in total. The van der Waals surface area contributed by atoms with Gasteiger partial charge in [0.1, 0.15) is 0 Å². The molecule has 0 bridgehead atoms. The lowest BCUT2D eigenvalue weighted by Crippen LogP contribution is -2.22. The SMILES string of the molecule is C#Cc1ccc2c(c1)C(C)(C)CCS2.CCOC(=O)c1ccc(C#Cc2ccc3c(c2)C(C)(C)CCS3)cc1Cl.CCOC(=O)c1ccc(I)cc1Cl. The largest absolute Gasteiger partial charge is 0.462 e. The summed E-state index contributed by atoms with van der Waals surface area (Å²) in [5, 5.41) is 0.795. The van der Waals surface area contributed by atoms with Crippen molar-refractivity contribution in [3.63, 3.8) is 0 Å². The van der Waals surface area contributed by atoms with E-state index in [1.165, 1.54) is 39.5 Å². The van der Waals surface area contributed by atoms with Crippen molar-refractivity contribution in [3.8, 4) is 24.2 Å². The molecule has 0 saturated carbocycles. The van der Waals surface area contributed by atoms with Gasteiger partial charge in [-0.3, -0.25) is 0 Å². The lowest BCUT2D eigenvalue weighted by molar-refractivity contribution is 0.0517.